The molecule has 1 aliphatic rings. The first-order valence-electron chi connectivity index (χ1n) is 4.60. The van der Waals surface area contributed by atoms with Gasteiger partial charge in [-0.2, -0.15) is 0 Å². The summed E-state index contributed by atoms with van der Waals surface area (Å²) in [5.41, 5.74) is 0.149. The minimum Gasteiger partial charge on any atom is -0.393 e. The zero-order chi connectivity index (χ0) is 9.47. The van der Waals surface area contributed by atoms with Crippen molar-refractivity contribution in [3.8, 4) is 0 Å². The van der Waals surface area contributed by atoms with Crippen molar-refractivity contribution in [1.29, 1.82) is 0 Å². The predicted octanol–water partition coefficient (Wildman–Crippen LogP) is 1.27. The zero-order valence-corrected chi connectivity index (χ0v) is 7.64. The average molecular weight is 178 g/mol. The molecule has 0 unspecified atom stereocenters. The molecule has 1 saturated carbocycles. The van der Waals surface area contributed by atoms with Crippen molar-refractivity contribution in [1.82, 2.24) is 0 Å². The number of hydrogen-bond acceptors (Lipinski definition) is 2. The first-order chi connectivity index (χ1) is 6.14. The summed E-state index contributed by atoms with van der Waals surface area (Å²) in [7, 11) is 0. The van der Waals surface area contributed by atoms with Gasteiger partial charge in [-0.3, -0.25) is 0 Å². The monoisotopic (exact) mass is 178 g/mol. The molecule has 1 aliphatic carbocycles. The van der Waals surface area contributed by atoms with Crippen molar-refractivity contribution >= 4 is 0 Å². The minimum absolute atomic E-state index is 0.00917. The molecule has 0 radical (unpaired) electrons. The smallest absolute Gasteiger partial charge is 0.0955 e. The molecule has 0 saturated heterocycles. The molecule has 1 aromatic carbocycles. The summed E-state index contributed by atoms with van der Waals surface area (Å²) < 4.78 is 0. The van der Waals surface area contributed by atoms with E-state index < -0.39 is 11.7 Å². The van der Waals surface area contributed by atoms with E-state index in [1.165, 1.54) is 0 Å². The maximum Gasteiger partial charge on any atom is 0.0955 e. The van der Waals surface area contributed by atoms with E-state index in [1.54, 1.807) is 6.92 Å². The van der Waals surface area contributed by atoms with E-state index in [2.05, 4.69) is 0 Å². The maximum absolute atomic E-state index is 10.1. The van der Waals surface area contributed by atoms with Gasteiger partial charge in [-0.05, 0) is 18.9 Å². The van der Waals surface area contributed by atoms with Gasteiger partial charge >= 0.3 is 0 Å². The number of benzene rings is 1. The Hall–Kier alpha value is -0.860. The summed E-state index contributed by atoms with van der Waals surface area (Å²) >= 11 is 0. The molecule has 0 amide bonds. The average Bonchev–Trinajstić information content (AvgIpc) is 2.82. The Morgan fingerprint density at radius 2 is 2.00 bits per heavy atom. The highest BCUT2D eigenvalue weighted by atomic mass is 16.3. The molecule has 70 valence electrons. The van der Waals surface area contributed by atoms with E-state index in [-0.39, 0.29) is 5.92 Å². The first kappa shape index (κ1) is 8.73. The van der Waals surface area contributed by atoms with Crippen LogP contribution in [0.1, 0.15) is 18.9 Å². The van der Waals surface area contributed by atoms with E-state index in [9.17, 15) is 10.2 Å². The van der Waals surface area contributed by atoms with Crippen LogP contribution < -0.4 is 0 Å². The van der Waals surface area contributed by atoms with Gasteiger partial charge in [0.25, 0.3) is 0 Å². The highest BCUT2D eigenvalue weighted by Gasteiger charge is 2.56. The fraction of sp³-hybridized carbons (Fsp3) is 0.455. The molecule has 0 aliphatic heterocycles. The Balaban J connectivity index is 2.21. The molecular formula is C11H14O2. The summed E-state index contributed by atoms with van der Waals surface area (Å²) in [5, 5.41) is 19.4. The Morgan fingerprint density at radius 1 is 1.38 bits per heavy atom. The van der Waals surface area contributed by atoms with Crippen LogP contribution in [0.3, 0.4) is 0 Å². The van der Waals surface area contributed by atoms with Crippen molar-refractivity contribution in [3.05, 3.63) is 35.9 Å². The maximum atomic E-state index is 10.1. The topological polar surface area (TPSA) is 40.5 Å². The van der Waals surface area contributed by atoms with E-state index in [0.717, 1.165) is 5.56 Å². The molecule has 3 atom stereocenters. The molecule has 2 rings (SSSR count). The standard InChI is InChI=1S/C11H14O2/c1-8(12)10-7-11(10,13)9-5-3-2-4-6-9/h2-6,8,10,12-13H,7H2,1H3/t8-,10-,11+/m1/s1. The van der Waals surface area contributed by atoms with Gasteiger partial charge in [-0.1, -0.05) is 30.3 Å². The van der Waals surface area contributed by atoms with Crippen LogP contribution in [0.25, 0.3) is 0 Å². The Morgan fingerprint density at radius 3 is 2.46 bits per heavy atom. The third kappa shape index (κ3) is 1.36. The Bertz CT molecular complexity index is 294. The number of aliphatic hydroxyl groups is 2. The van der Waals surface area contributed by atoms with Crippen molar-refractivity contribution < 1.29 is 10.2 Å². The van der Waals surface area contributed by atoms with Crippen LogP contribution >= 0.6 is 0 Å². The molecule has 13 heavy (non-hydrogen) atoms. The molecule has 0 bridgehead atoms. The van der Waals surface area contributed by atoms with Crippen LogP contribution in [0.4, 0.5) is 0 Å². The molecule has 1 fully saturated rings. The summed E-state index contributed by atoms with van der Waals surface area (Å²) in [4.78, 5) is 0. The van der Waals surface area contributed by atoms with Crippen LogP contribution in [0, 0.1) is 5.92 Å². The SMILES string of the molecule is C[C@@H](O)[C@H]1C[C@]1(O)c1ccccc1. The summed E-state index contributed by atoms with van der Waals surface area (Å²) in [6.45, 7) is 1.73. The highest BCUT2D eigenvalue weighted by molar-refractivity contribution is 5.30. The molecule has 1 aromatic rings. The molecule has 0 spiro atoms. The van der Waals surface area contributed by atoms with Gasteiger partial charge in [-0.25, -0.2) is 0 Å². The van der Waals surface area contributed by atoms with Gasteiger partial charge in [0, 0.05) is 5.92 Å². The van der Waals surface area contributed by atoms with E-state index in [0.29, 0.717) is 6.42 Å². The molecular weight excluding hydrogens is 164 g/mol. The van der Waals surface area contributed by atoms with Crippen molar-refractivity contribution in [3.63, 3.8) is 0 Å². The van der Waals surface area contributed by atoms with Gasteiger partial charge in [0.15, 0.2) is 0 Å². The van der Waals surface area contributed by atoms with Crippen molar-refractivity contribution in [2.45, 2.75) is 25.0 Å². The van der Waals surface area contributed by atoms with Gasteiger partial charge in [-0.15, -0.1) is 0 Å². The molecule has 0 heterocycles. The lowest BCUT2D eigenvalue weighted by atomic mass is 10.0. The number of aliphatic hydroxyl groups excluding tert-OH is 1. The van der Waals surface area contributed by atoms with Gasteiger partial charge < -0.3 is 10.2 Å². The second kappa shape index (κ2) is 2.82. The predicted molar refractivity (Wildman–Crippen MR) is 50.1 cm³/mol. The Kier molecular flexibility index (Phi) is 1.90. The number of hydrogen-bond donors (Lipinski definition) is 2. The van der Waals surface area contributed by atoms with Crippen molar-refractivity contribution in [2.75, 3.05) is 0 Å². The van der Waals surface area contributed by atoms with Gasteiger partial charge in [0.1, 0.15) is 0 Å². The summed E-state index contributed by atoms with van der Waals surface area (Å²) in [6.07, 6.45) is 0.250. The second-order valence-electron chi connectivity index (χ2n) is 3.84. The highest BCUT2D eigenvalue weighted by Crippen LogP contribution is 2.53. The third-order valence-electron chi connectivity index (χ3n) is 2.84. The van der Waals surface area contributed by atoms with E-state index in [4.69, 9.17) is 0 Å². The number of rotatable bonds is 2. The van der Waals surface area contributed by atoms with Crippen LogP contribution in [-0.2, 0) is 5.60 Å². The summed E-state index contributed by atoms with van der Waals surface area (Å²) in [6, 6.07) is 9.55. The molecule has 0 aromatic heterocycles. The quantitative estimate of drug-likeness (QED) is 0.716. The van der Waals surface area contributed by atoms with E-state index >= 15 is 0 Å². The first-order valence-corrected chi connectivity index (χ1v) is 4.60. The molecule has 2 N–H and O–H groups in total. The van der Waals surface area contributed by atoms with E-state index in [1.807, 2.05) is 30.3 Å². The fourth-order valence-electron chi connectivity index (χ4n) is 1.90. The fourth-order valence-corrected chi connectivity index (χ4v) is 1.90. The zero-order valence-electron chi connectivity index (χ0n) is 7.64. The lowest BCUT2D eigenvalue weighted by Crippen LogP contribution is -2.15. The van der Waals surface area contributed by atoms with Crippen LogP contribution in [0.5, 0.6) is 0 Å². The normalized spacial score (nSPS) is 34.2. The minimum atomic E-state index is -0.768. The lowest BCUT2D eigenvalue weighted by Gasteiger charge is -2.11. The largest absolute Gasteiger partial charge is 0.393 e. The van der Waals surface area contributed by atoms with Crippen molar-refractivity contribution in [2.24, 2.45) is 5.92 Å². The molecule has 2 heteroatoms. The van der Waals surface area contributed by atoms with Gasteiger partial charge in [0.05, 0.1) is 11.7 Å². The lowest BCUT2D eigenvalue weighted by molar-refractivity contribution is 0.0784. The second-order valence-corrected chi connectivity index (χ2v) is 3.84. The Labute approximate surface area is 77.8 Å². The third-order valence-corrected chi connectivity index (χ3v) is 2.84. The molecule has 2 nitrogen and oxygen atoms in total. The van der Waals surface area contributed by atoms with Crippen LogP contribution in [0.2, 0.25) is 0 Å². The summed E-state index contributed by atoms with van der Waals surface area (Å²) in [5.74, 6) is 0.00917. The van der Waals surface area contributed by atoms with Crippen LogP contribution in [-0.4, -0.2) is 16.3 Å². The van der Waals surface area contributed by atoms with Crippen LogP contribution in [0.15, 0.2) is 30.3 Å². The van der Waals surface area contributed by atoms with Gasteiger partial charge in [0.2, 0.25) is 0 Å².